The minimum Gasteiger partial charge on any atom is -0.468 e. The Morgan fingerprint density at radius 2 is 2.06 bits per heavy atom. The molecule has 1 fully saturated rings. The van der Waals surface area contributed by atoms with E-state index in [2.05, 4.69) is 25.8 Å². The summed E-state index contributed by atoms with van der Waals surface area (Å²) < 4.78 is 5.46. The van der Waals surface area contributed by atoms with Crippen LogP contribution in [-0.2, 0) is 6.54 Å². The van der Waals surface area contributed by atoms with Crippen LogP contribution in [0.5, 0.6) is 0 Å². The minimum absolute atomic E-state index is 0.143. The van der Waals surface area contributed by atoms with Crippen molar-refractivity contribution in [3.63, 3.8) is 0 Å². The van der Waals surface area contributed by atoms with Crippen LogP contribution in [0, 0.1) is 11.8 Å². The molecule has 0 saturated heterocycles. The molecule has 0 radical (unpaired) electrons. The molecule has 2 unspecified atom stereocenters. The molecule has 0 aromatic carbocycles. The summed E-state index contributed by atoms with van der Waals surface area (Å²) in [5.74, 6) is 2.55. The maximum atomic E-state index is 6.12. The Hall–Kier alpha value is -0.800. The molecule has 1 aliphatic carbocycles. The van der Waals surface area contributed by atoms with Crippen LogP contribution in [0.25, 0.3) is 0 Å². The van der Waals surface area contributed by atoms with Crippen molar-refractivity contribution in [3.05, 3.63) is 24.2 Å². The van der Waals surface area contributed by atoms with Crippen LogP contribution in [0.3, 0.4) is 0 Å². The minimum atomic E-state index is 0.143. The third kappa shape index (κ3) is 2.78. The molecule has 1 aromatic rings. The highest BCUT2D eigenvalue weighted by Crippen LogP contribution is 2.39. The van der Waals surface area contributed by atoms with E-state index in [1.165, 1.54) is 19.3 Å². The fourth-order valence-corrected chi connectivity index (χ4v) is 3.67. The second kappa shape index (κ2) is 5.45. The molecule has 102 valence electrons. The molecular formula is C15H26N2O. The predicted molar refractivity (Wildman–Crippen MR) is 74.1 cm³/mol. The first-order chi connectivity index (χ1) is 8.55. The molecule has 3 heteroatoms. The van der Waals surface area contributed by atoms with Crippen molar-refractivity contribution in [2.24, 2.45) is 17.6 Å². The first-order valence-corrected chi connectivity index (χ1v) is 6.99. The Labute approximate surface area is 110 Å². The van der Waals surface area contributed by atoms with E-state index < -0.39 is 0 Å². The number of rotatable bonds is 4. The van der Waals surface area contributed by atoms with Crippen molar-refractivity contribution in [1.82, 2.24) is 4.90 Å². The van der Waals surface area contributed by atoms with Gasteiger partial charge in [-0.25, -0.2) is 0 Å². The lowest BCUT2D eigenvalue weighted by Crippen LogP contribution is -2.55. The molecule has 0 spiro atoms. The standard InChI is InChI=1S/C15H26N2O/c1-12-7-13(2)9-15(8-12,11-16)17(3)10-14-5-4-6-18-14/h4-6,12-13H,7-11,16H2,1-3H3. The van der Waals surface area contributed by atoms with Crippen molar-refractivity contribution < 1.29 is 4.42 Å². The predicted octanol–water partition coefficient (Wildman–Crippen LogP) is 2.87. The maximum Gasteiger partial charge on any atom is 0.117 e. The zero-order valence-electron chi connectivity index (χ0n) is 11.9. The molecule has 2 N–H and O–H groups in total. The van der Waals surface area contributed by atoms with Crippen LogP contribution in [0.4, 0.5) is 0 Å². The Kier molecular flexibility index (Phi) is 4.13. The van der Waals surface area contributed by atoms with E-state index in [0.717, 1.165) is 30.7 Å². The Balaban J connectivity index is 2.10. The zero-order valence-corrected chi connectivity index (χ0v) is 11.9. The number of nitrogens with two attached hydrogens (primary N) is 1. The van der Waals surface area contributed by atoms with Gasteiger partial charge < -0.3 is 10.2 Å². The van der Waals surface area contributed by atoms with Gasteiger partial charge in [0.05, 0.1) is 12.8 Å². The molecule has 3 nitrogen and oxygen atoms in total. The van der Waals surface area contributed by atoms with Gasteiger partial charge in [0.15, 0.2) is 0 Å². The van der Waals surface area contributed by atoms with E-state index in [0.29, 0.717) is 0 Å². The second-order valence-electron chi connectivity index (χ2n) is 6.22. The lowest BCUT2D eigenvalue weighted by molar-refractivity contribution is 0.0291. The lowest BCUT2D eigenvalue weighted by Gasteiger charge is -2.48. The number of likely N-dealkylation sites (N-methyl/N-ethyl adjacent to an activating group) is 1. The van der Waals surface area contributed by atoms with Gasteiger partial charge in [-0.3, -0.25) is 4.90 Å². The van der Waals surface area contributed by atoms with Crippen molar-refractivity contribution in [2.45, 2.75) is 45.2 Å². The van der Waals surface area contributed by atoms with E-state index in [1.54, 1.807) is 6.26 Å². The Bertz CT molecular complexity index is 351. The van der Waals surface area contributed by atoms with Crippen molar-refractivity contribution in [3.8, 4) is 0 Å². The highest BCUT2D eigenvalue weighted by Gasteiger charge is 2.40. The van der Waals surface area contributed by atoms with Gasteiger partial charge in [0.2, 0.25) is 0 Å². The average Bonchev–Trinajstić information content (AvgIpc) is 2.80. The van der Waals surface area contributed by atoms with Crippen molar-refractivity contribution in [1.29, 1.82) is 0 Å². The molecule has 2 atom stereocenters. The van der Waals surface area contributed by atoms with Gasteiger partial charge >= 0.3 is 0 Å². The molecule has 1 aliphatic rings. The van der Waals surface area contributed by atoms with E-state index in [1.807, 2.05) is 12.1 Å². The summed E-state index contributed by atoms with van der Waals surface area (Å²) in [5.41, 5.74) is 6.26. The van der Waals surface area contributed by atoms with E-state index in [9.17, 15) is 0 Å². The molecule has 1 saturated carbocycles. The van der Waals surface area contributed by atoms with Gasteiger partial charge in [0.25, 0.3) is 0 Å². The summed E-state index contributed by atoms with van der Waals surface area (Å²) >= 11 is 0. The summed E-state index contributed by atoms with van der Waals surface area (Å²) in [6.07, 6.45) is 5.47. The number of nitrogens with zero attached hydrogens (tertiary/aromatic N) is 1. The molecule has 18 heavy (non-hydrogen) atoms. The topological polar surface area (TPSA) is 42.4 Å². The Morgan fingerprint density at radius 1 is 1.39 bits per heavy atom. The summed E-state index contributed by atoms with van der Waals surface area (Å²) in [6.45, 7) is 6.28. The fourth-order valence-electron chi connectivity index (χ4n) is 3.67. The first kappa shape index (κ1) is 13.6. The van der Waals surface area contributed by atoms with Gasteiger partial charge in [-0.05, 0) is 50.3 Å². The largest absolute Gasteiger partial charge is 0.468 e. The van der Waals surface area contributed by atoms with Gasteiger partial charge in [-0.2, -0.15) is 0 Å². The number of hydrogen-bond acceptors (Lipinski definition) is 3. The highest BCUT2D eigenvalue weighted by molar-refractivity contribution is 5.02. The molecule has 0 bridgehead atoms. The summed E-state index contributed by atoms with van der Waals surface area (Å²) in [5, 5.41) is 0. The van der Waals surface area contributed by atoms with Crippen molar-refractivity contribution >= 4 is 0 Å². The van der Waals surface area contributed by atoms with Gasteiger partial charge in [-0.1, -0.05) is 13.8 Å². The third-order valence-corrected chi connectivity index (χ3v) is 4.42. The van der Waals surface area contributed by atoms with Crippen LogP contribution < -0.4 is 5.73 Å². The molecule has 1 heterocycles. The van der Waals surface area contributed by atoms with Gasteiger partial charge in [-0.15, -0.1) is 0 Å². The van der Waals surface area contributed by atoms with Crippen LogP contribution in [0.1, 0.15) is 38.9 Å². The third-order valence-electron chi connectivity index (χ3n) is 4.42. The van der Waals surface area contributed by atoms with Gasteiger partial charge in [0.1, 0.15) is 5.76 Å². The normalized spacial score (nSPS) is 32.9. The van der Waals surface area contributed by atoms with Crippen LogP contribution in [0.2, 0.25) is 0 Å². The van der Waals surface area contributed by atoms with E-state index >= 15 is 0 Å². The summed E-state index contributed by atoms with van der Waals surface area (Å²) in [7, 11) is 2.18. The van der Waals surface area contributed by atoms with Gasteiger partial charge in [0, 0.05) is 12.1 Å². The fraction of sp³-hybridized carbons (Fsp3) is 0.733. The monoisotopic (exact) mass is 250 g/mol. The molecule has 1 aromatic heterocycles. The average molecular weight is 250 g/mol. The zero-order chi connectivity index (χ0) is 13.2. The molecule has 2 rings (SSSR count). The first-order valence-electron chi connectivity index (χ1n) is 6.99. The smallest absolute Gasteiger partial charge is 0.117 e. The van der Waals surface area contributed by atoms with E-state index in [-0.39, 0.29) is 5.54 Å². The number of hydrogen-bond donors (Lipinski definition) is 1. The summed E-state index contributed by atoms with van der Waals surface area (Å²) in [4.78, 5) is 2.40. The molecular weight excluding hydrogens is 224 g/mol. The molecule has 0 aliphatic heterocycles. The maximum absolute atomic E-state index is 6.12. The van der Waals surface area contributed by atoms with Crippen LogP contribution in [-0.4, -0.2) is 24.0 Å². The number of furan rings is 1. The summed E-state index contributed by atoms with van der Waals surface area (Å²) in [6, 6.07) is 3.99. The second-order valence-corrected chi connectivity index (χ2v) is 6.22. The molecule has 0 amide bonds. The SMILES string of the molecule is CC1CC(C)CC(CN)(N(C)Cc2ccco2)C1. The highest BCUT2D eigenvalue weighted by atomic mass is 16.3. The van der Waals surface area contributed by atoms with Crippen LogP contribution in [0.15, 0.2) is 22.8 Å². The van der Waals surface area contributed by atoms with Crippen LogP contribution >= 0.6 is 0 Å². The Morgan fingerprint density at radius 3 is 2.56 bits per heavy atom. The lowest BCUT2D eigenvalue weighted by atomic mass is 9.71. The van der Waals surface area contributed by atoms with Crippen molar-refractivity contribution in [2.75, 3.05) is 13.6 Å². The van der Waals surface area contributed by atoms with E-state index in [4.69, 9.17) is 10.2 Å². The quantitative estimate of drug-likeness (QED) is 0.893.